The molecule has 0 atom stereocenters. The molecule has 0 aliphatic rings. The number of hydrogen-bond acceptors (Lipinski definition) is 2. The third-order valence-electron chi connectivity index (χ3n) is 6.28. The van der Waals surface area contributed by atoms with Gasteiger partial charge in [0.2, 0.25) is 0 Å². The van der Waals surface area contributed by atoms with Crippen LogP contribution >= 0.6 is 0 Å². The third kappa shape index (κ3) is 5.23. The standard InChI is InChI=1S/C33H28N2/c1-24-9-5-8-14-31(24)27-17-19-29(20-18-27)33(22-32(34)28-11-3-2-4-12-28)35-23-25-15-16-26-10-6-7-13-30(26)21-25/h2-22H,23,34H2,1H3/b32-22-,35-33+. The first-order chi connectivity index (χ1) is 17.2. The Morgan fingerprint density at radius 2 is 1.37 bits per heavy atom. The van der Waals surface area contributed by atoms with E-state index in [0.717, 1.165) is 16.8 Å². The zero-order valence-corrected chi connectivity index (χ0v) is 19.9. The van der Waals surface area contributed by atoms with Crippen molar-refractivity contribution in [2.24, 2.45) is 10.7 Å². The smallest absolute Gasteiger partial charge is 0.0671 e. The Hall–Kier alpha value is -4.43. The second-order valence-corrected chi connectivity index (χ2v) is 8.74. The Kier molecular flexibility index (Phi) is 6.54. The van der Waals surface area contributed by atoms with Crippen LogP contribution in [0.4, 0.5) is 0 Å². The minimum absolute atomic E-state index is 0.582. The molecular weight excluding hydrogens is 424 g/mol. The average molecular weight is 453 g/mol. The van der Waals surface area contributed by atoms with Crippen molar-refractivity contribution in [3.05, 3.63) is 150 Å². The summed E-state index contributed by atoms with van der Waals surface area (Å²) in [4.78, 5) is 5.02. The highest BCUT2D eigenvalue weighted by atomic mass is 14.7. The van der Waals surface area contributed by atoms with E-state index in [-0.39, 0.29) is 0 Å². The molecule has 0 fully saturated rings. The second kappa shape index (κ2) is 10.2. The fraction of sp³-hybridized carbons (Fsp3) is 0.0606. The van der Waals surface area contributed by atoms with Crippen molar-refractivity contribution in [2.75, 3.05) is 0 Å². The molecule has 5 aromatic carbocycles. The Bertz CT molecular complexity index is 1510. The van der Waals surface area contributed by atoms with Crippen molar-refractivity contribution in [3.8, 4) is 11.1 Å². The van der Waals surface area contributed by atoms with Crippen molar-refractivity contribution in [1.82, 2.24) is 0 Å². The monoisotopic (exact) mass is 452 g/mol. The van der Waals surface area contributed by atoms with E-state index in [4.69, 9.17) is 10.7 Å². The lowest BCUT2D eigenvalue weighted by Gasteiger charge is -2.10. The normalized spacial score (nSPS) is 12.1. The number of rotatable bonds is 6. The molecule has 5 aromatic rings. The second-order valence-electron chi connectivity index (χ2n) is 8.74. The summed E-state index contributed by atoms with van der Waals surface area (Å²) in [6.07, 6.45) is 1.99. The fourth-order valence-corrected chi connectivity index (χ4v) is 4.31. The van der Waals surface area contributed by atoms with Gasteiger partial charge in [0.05, 0.1) is 12.3 Å². The van der Waals surface area contributed by atoms with E-state index < -0.39 is 0 Å². The van der Waals surface area contributed by atoms with E-state index >= 15 is 0 Å². The molecule has 2 N–H and O–H groups in total. The summed E-state index contributed by atoms with van der Waals surface area (Å²) in [6, 6.07) is 42.0. The summed E-state index contributed by atoms with van der Waals surface area (Å²) in [5.41, 5.74) is 15.0. The lowest BCUT2D eigenvalue weighted by atomic mass is 9.98. The lowest BCUT2D eigenvalue weighted by Crippen LogP contribution is -2.04. The summed E-state index contributed by atoms with van der Waals surface area (Å²) in [5, 5.41) is 2.46. The maximum atomic E-state index is 6.50. The lowest BCUT2D eigenvalue weighted by molar-refractivity contribution is 1.07. The van der Waals surface area contributed by atoms with E-state index in [2.05, 4.69) is 97.9 Å². The van der Waals surface area contributed by atoms with Crippen LogP contribution in [0.5, 0.6) is 0 Å². The molecule has 0 aliphatic heterocycles. The predicted octanol–water partition coefficient (Wildman–Crippen LogP) is 7.80. The van der Waals surface area contributed by atoms with Crippen molar-refractivity contribution < 1.29 is 0 Å². The molecule has 0 aliphatic carbocycles. The Morgan fingerprint density at radius 3 is 2.14 bits per heavy atom. The van der Waals surface area contributed by atoms with Gasteiger partial charge in [-0.3, -0.25) is 4.99 Å². The van der Waals surface area contributed by atoms with Crippen molar-refractivity contribution in [2.45, 2.75) is 13.5 Å². The Balaban J connectivity index is 1.50. The summed E-state index contributed by atoms with van der Waals surface area (Å²) in [6.45, 7) is 2.72. The van der Waals surface area contributed by atoms with Crippen molar-refractivity contribution >= 4 is 22.2 Å². The highest BCUT2D eigenvalue weighted by Gasteiger charge is 2.07. The van der Waals surface area contributed by atoms with Gasteiger partial charge in [-0.25, -0.2) is 0 Å². The average Bonchev–Trinajstić information content (AvgIpc) is 2.92. The molecule has 0 bridgehead atoms. The zero-order valence-electron chi connectivity index (χ0n) is 19.9. The molecule has 0 unspecified atom stereocenters. The van der Waals surface area contributed by atoms with E-state index in [9.17, 15) is 0 Å². The minimum atomic E-state index is 0.582. The van der Waals surface area contributed by atoms with Crippen LogP contribution in [0.3, 0.4) is 0 Å². The zero-order chi connectivity index (χ0) is 24.0. The molecule has 2 heteroatoms. The van der Waals surface area contributed by atoms with Crippen LogP contribution in [-0.4, -0.2) is 5.71 Å². The molecule has 0 aromatic heterocycles. The first kappa shape index (κ1) is 22.4. The van der Waals surface area contributed by atoms with Crippen molar-refractivity contribution in [3.63, 3.8) is 0 Å². The number of benzene rings is 5. The molecule has 0 saturated carbocycles. The number of nitrogens with zero attached hydrogens (tertiary/aromatic N) is 1. The molecule has 0 saturated heterocycles. The van der Waals surface area contributed by atoms with Gasteiger partial charge in [-0.15, -0.1) is 0 Å². The molecule has 0 spiro atoms. The van der Waals surface area contributed by atoms with Crippen LogP contribution in [0.15, 0.2) is 132 Å². The van der Waals surface area contributed by atoms with Gasteiger partial charge in [0.1, 0.15) is 0 Å². The van der Waals surface area contributed by atoms with Crippen LogP contribution < -0.4 is 5.73 Å². The predicted molar refractivity (Wildman–Crippen MR) is 149 cm³/mol. The number of hydrogen-bond donors (Lipinski definition) is 1. The summed E-state index contributed by atoms with van der Waals surface area (Å²) in [5.74, 6) is 0. The van der Waals surface area contributed by atoms with Crippen LogP contribution in [0.1, 0.15) is 22.3 Å². The number of fused-ring (bicyclic) bond motifs is 1. The maximum Gasteiger partial charge on any atom is 0.0671 e. The van der Waals surface area contributed by atoms with Crippen LogP contribution in [0, 0.1) is 6.92 Å². The number of nitrogens with two attached hydrogens (primary N) is 1. The van der Waals surface area contributed by atoms with Gasteiger partial charge in [-0.1, -0.05) is 115 Å². The molecule has 0 heterocycles. The minimum Gasteiger partial charge on any atom is -0.398 e. The summed E-state index contributed by atoms with van der Waals surface area (Å²) >= 11 is 0. The number of allylic oxidation sites excluding steroid dienone is 1. The molecule has 0 amide bonds. The molecular formula is C33H28N2. The van der Waals surface area contributed by atoms with E-state index in [0.29, 0.717) is 12.2 Å². The van der Waals surface area contributed by atoms with Gasteiger partial charge in [0.25, 0.3) is 0 Å². The molecule has 2 nitrogen and oxygen atoms in total. The van der Waals surface area contributed by atoms with Gasteiger partial charge < -0.3 is 5.73 Å². The van der Waals surface area contributed by atoms with Crippen LogP contribution in [-0.2, 0) is 6.54 Å². The van der Waals surface area contributed by atoms with E-state index in [1.54, 1.807) is 0 Å². The first-order valence-electron chi connectivity index (χ1n) is 11.9. The van der Waals surface area contributed by atoms with Gasteiger partial charge in [-0.2, -0.15) is 0 Å². The van der Waals surface area contributed by atoms with E-state index in [1.165, 1.54) is 33.0 Å². The number of aryl methyl sites for hydroxylation is 1. The first-order valence-corrected chi connectivity index (χ1v) is 11.9. The largest absolute Gasteiger partial charge is 0.398 e. The van der Waals surface area contributed by atoms with Gasteiger partial charge in [-0.05, 0) is 63.2 Å². The highest BCUT2D eigenvalue weighted by Crippen LogP contribution is 2.24. The number of aliphatic imine (C=N–C) groups is 1. The van der Waals surface area contributed by atoms with E-state index in [1.807, 2.05) is 36.4 Å². The summed E-state index contributed by atoms with van der Waals surface area (Å²) in [7, 11) is 0. The SMILES string of the molecule is Cc1ccccc1-c1ccc(C(/C=C(\N)c2ccccc2)=N/Cc2ccc3ccccc3c2)cc1. The van der Waals surface area contributed by atoms with Crippen LogP contribution in [0.25, 0.3) is 27.6 Å². The highest BCUT2D eigenvalue weighted by molar-refractivity contribution is 6.12. The topological polar surface area (TPSA) is 38.4 Å². The molecule has 35 heavy (non-hydrogen) atoms. The summed E-state index contributed by atoms with van der Waals surface area (Å²) < 4.78 is 0. The molecule has 170 valence electrons. The van der Waals surface area contributed by atoms with Crippen LogP contribution in [0.2, 0.25) is 0 Å². The molecule has 5 rings (SSSR count). The van der Waals surface area contributed by atoms with Gasteiger partial charge >= 0.3 is 0 Å². The Labute approximate surface area is 207 Å². The maximum absolute atomic E-state index is 6.50. The van der Waals surface area contributed by atoms with Gasteiger partial charge in [0, 0.05) is 5.70 Å². The fourth-order valence-electron chi connectivity index (χ4n) is 4.31. The van der Waals surface area contributed by atoms with Gasteiger partial charge in [0.15, 0.2) is 0 Å². The van der Waals surface area contributed by atoms with Crippen molar-refractivity contribution in [1.29, 1.82) is 0 Å². The quantitative estimate of drug-likeness (QED) is 0.262. The Morgan fingerprint density at radius 1 is 0.686 bits per heavy atom. The third-order valence-corrected chi connectivity index (χ3v) is 6.28. The molecule has 0 radical (unpaired) electrons.